The van der Waals surface area contributed by atoms with Crippen LogP contribution >= 0.6 is 0 Å². The molecule has 0 saturated carbocycles. The van der Waals surface area contributed by atoms with Gasteiger partial charge in [0.05, 0.1) is 12.7 Å². The van der Waals surface area contributed by atoms with Gasteiger partial charge in [-0.05, 0) is 24.0 Å². The molecule has 70 valence electrons. The Bertz CT molecular complexity index is 292. The maximum Gasteiger partial charge on any atom is 0.119 e. The zero-order chi connectivity index (χ0) is 9.26. The lowest BCUT2D eigenvalue weighted by Crippen LogP contribution is -1.98. The predicted molar refractivity (Wildman–Crippen MR) is 50.9 cm³/mol. The summed E-state index contributed by atoms with van der Waals surface area (Å²) < 4.78 is 5.16. The SMILES string of the molecule is CC(CC1CO1)c1ccccc1O. The lowest BCUT2D eigenvalue weighted by atomic mass is 9.96. The van der Waals surface area contributed by atoms with Crippen LogP contribution in [0.5, 0.6) is 5.75 Å². The van der Waals surface area contributed by atoms with Crippen LogP contribution in [-0.2, 0) is 4.74 Å². The molecule has 1 aliphatic rings. The molecule has 2 unspecified atom stereocenters. The molecule has 2 atom stereocenters. The van der Waals surface area contributed by atoms with Crippen LogP contribution in [0.25, 0.3) is 0 Å². The van der Waals surface area contributed by atoms with Crippen molar-refractivity contribution < 1.29 is 9.84 Å². The third kappa shape index (κ3) is 2.01. The molecule has 2 nitrogen and oxygen atoms in total. The molecule has 1 N–H and O–H groups in total. The fourth-order valence-corrected chi connectivity index (χ4v) is 1.63. The van der Waals surface area contributed by atoms with Crippen LogP contribution in [0, 0.1) is 0 Å². The Morgan fingerprint density at radius 1 is 1.54 bits per heavy atom. The topological polar surface area (TPSA) is 32.8 Å². The molecule has 1 aliphatic heterocycles. The lowest BCUT2D eigenvalue weighted by Gasteiger charge is -2.11. The summed E-state index contributed by atoms with van der Waals surface area (Å²) in [5.41, 5.74) is 1.03. The summed E-state index contributed by atoms with van der Waals surface area (Å²) in [6.45, 7) is 3.01. The van der Waals surface area contributed by atoms with Crippen LogP contribution in [0.4, 0.5) is 0 Å². The minimum Gasteiger partial charge on any atom is -0.508 e. The van der Waals surface area contributed by atoms with Crippen LogP contribution in [0.1, 0.15) is 24.8 Å². The Morgan fingerprint density at radius 2 is 2.23 bits per heavy atom. The normalized spacial score (nSPS) is 22.7. The highest BCUT2D eigenvalue weighted by molar-refractivity contribution is 5.34. The highest BCUT2D eigenvalue weighted by Crippen LogP contribution is 2.31. The summed E-state index contributed by atoms with van der Waals surface area (Å²) in [4.78, 5) is 0. The van der Waals surface area contributed by atoms with E-state index in [2.05, 4.69) is 6.92 Å². The minimum atomic E-state index is 0.383. The van der Waals surface area contributed by atoms with Gasteiger partial charge in [0.1, 0.15) is 5.75 Å². The van der Waals surface area contributed by atoms with Crippen LogP contribution in [0.2, 0.25) is 0 Å². The molecule has 1 saturated heterocycles. The molecule has 1 heterocycles. The average Bonchev–Trinajstić information content (AvgIpc) is 2.89. The van der Waals surface area contributed by atoms with E-state index in [0.717, 1.165) is 18.6 Å². The average molecular weight is 178 g/mol. The molecular formula is C11H14O2. The number of phenolic OH excluding ortho intramolecular Hbond substituents is 1. The van der Waals surface area contributed by atoms with E-state index in [1.807, 2.05) is 18.2 Å². The van der Waals surface area contributed by atoms with E-state index in [9.17, 15) is 5.11 Å². The van der Waals surface area contributed by atoms with Gasteiger partial charge in [-0.25, -0.2) is 0 Å². The highest BCUT2D eigenvalue weighted by Gasteiger charge is 2.26. The van der Waals surface area contributed by atoms with Gasteiger partial charge in [-0.1, -0.05) is 25.1 Å². The standard InChI is InChI=1S/C11H14O2/c1-8(6-9-7-13-9)10-4-2-3-5-11(10)12/h2-5,8-9,12H,6-7H2,1H3. The van der Waals surface area contributed by atoms with Gasteiger partial charge in [0.2, 0.25) is 0 Å². The molecule has 0 bridgehead atoms. The summed E-state index contributed by atoms with van der Waals surface area (Å²) in [5, 5.41) is 9.57. The second-order valence-corrected chi connectivity index (χ2v) is 3.65. The van der Waals surface area contributed by atoms with E-state index in [0.29, 0.717) is 17.8 Å². The van der Waals surface area contributed by atoms with E-state index < -0.39 is 0 Å². The van der Waals surface area contributed by atoms with Gasteiger partial charge in [0.15, 0.2) is 0 Å². The van der Waals surface area contributed by atoms with Gasteiger partial charge in [-0.3, -0.25) is 0 Å². The van der Waals surface area contributed by atoms with Crippen molar-refractivity contribution in [2.24, 2.45) is 0 Å². The first-order valence-corrected chi connectivity index (χ1v) is 4.67. The molecule has 2 heteroatoms. The molecule has 13 heavy (non-hydrogen) atoms. The summed E-state index contributed by atoms with van der Waals surface area (Å²) in [7, 11) is 0. The van der Waals surface area contributed by atoms with E-state index in [1.165, 1.54) is 0 Å². The molecular weight excluding hydrogens is 164 g/mol. The number of hydrogen-bond acceptors (Lipinski definition) is 2. The maximum atomic E-state index is 9.57. The van der Waals surface area contributed by atoms with E-state index in [-0.39, 0.29) is 0 Å². The van der Waals surface area contributed by atoms with Crippen molar-refractivity contribution >= 4 is 0 Å². The first kappa shape index (κ1) is 8.57. The fraction of sp³-hybridized carbons (Fsp3) is 0.455. The number of ether oxygens (including phenoxy) is 1. The Kier molecular flexibility index (Phi) is 2.23. The zero-order valence-electron chi connectivity index (χ0n) is 7.73. The van der Waals surface area contributed by atoms with Gasteiger partial charge in [0.25, 0.3) is 0 Å². The molecule has 1 fully saturated rings. The Morgan fingerprint density at radius 3 is 2.85 bits per heavy atom. The number of benzene rings is 1. The molecule has 1 aromatic carbocycles. The molecule has 1 aromatic rings. The first-order valence-electron chi connectivity index (χ1n) is 4.67. The molecule has 0 spiro atoms. The van der Waals surface area contributed by atoms with E-state index in [4.69, 9.17) is 4.74 Å². The van der Waals surface area contributed by atoms with Gasteiger partial charge >= 0.3 is 0 Å². The summed E-state index contributed by atoms with van der Waals surface area (Å²) >= 11 is 0. The largest absolute Gasteiger partial charge is 0.508 e. The van der Waals surface area contributed by atoms with Crippen molar-refractivity contribution in [1.82, 2.24) is 0 Å². The van der Waals surface area contributed by atoms with Gasteiger partial charge in [-0.2, -0.15) is 0 Å². The smallest absolute Gasteiger partial charge is 0.119 e. The van der Waals surface area contributed by atoms with Gasteiger partial charge in [-0.15, -0.1) is 0 Å². The number of hydrogen-bond donors (Lipinski definition) is 1. The van der Waals surface area contributed by atoms with Crippen molar-refractivity contribution in [3.8, 4) is 5.75 Å². The fourth-order valence-electron chi connectivity index (χ4n) is 1.63. The number of epoxide rings is 1. The van der Waals surface area contributed by atoms with Gasteiger partial charge < -0.3 is 9.84 Å². The van der Waals surface area contributed by atoms with Crippen molar-refractivity contribution in [1.29, 1.82) is 0 Å². The van der Waals surface area contributed by atoms with Crippen molar-refractivity contribution in [2.45, 2.75) is 25.4 Å². The highest BCUT2D eigenvalue weighted by atomic mass is 16.6. The second kappa shape index (κ2) is 3.38. The second-order valence-electron chi connectivity index (χ2n) is 3.65. The van der Waals surface area contributed by atoms with Gasteiger partial charge in [0, 0.05) is 0 Å². The maximum absolute atomic E-state index is 9.57. The number of rotatable bonds is 3. The number of aromatic hydroxyl groups is 1. The molecule has 0 amide bonds. The van der Waals surface area contributed by atoms with Crippen molar-refractivity contribution in [2.75, 3.05) is 6.61 Å². The zero-order valence-corrected chi connectivity index (χ0v) is 7.73. The van der Waals surface area contributed by atoms with E-state index >= 15 is 0 Å². The summed E-state index contributed by atoms with van der Waals surface area (Å²) in [6, 6.07) is 7.51. The number of phenols is 1. The van der Waals surface area contributed by atoms with E-state index in [1.54, 1.807) is 6.07 Å². The Labute approximate surface area is 78.2 Å². The quantitative estimate of drug-likeness (QED) is 0.720. The molecule has 0 radical (unpaired) electrons. The van der Waals surface area contributed by atoms with Crippen molar-refractivity contribution in [3.05, 3.63) is 29.8 Å². The molecule has 2 rings (SSSR count). The van der Waals surface area contributed by atoms with Crippen molar-refractivity contribution in [3.63, 3.8) is 0 Å². The first-order chi connectivity index (χ1) is 6.27. The molecule has 0 aliphatic carbocycles. The van der Waals surface area contributed by atoms with Crippen LogP contribution in [0.3, 0.4) is 0 Å². The third-order valence-electron chi connectivity index (χ3n) is 2.49. The number of para-hydroxylation sites is 1. The lowest BCUT2D eigenvalue weighted by molar-refractivity contribution is 0.381. The van der Waals surface area contributed by atoms with Crippen LogP contribution in [-0.4, -0.2) is 17.8 Å². The predicted octanol–water partition coefficient (Wildman–Crippen LogP) is 2.28. The summed E-state index contributed by atoms with van der Waals surface area (Å²) in [6.07, 6.45) is 1.44. The summed E-state index contributed by atoms with van der Waals surface area (Å²) in [5.74, 6) is 0.782. The van der Waals surface area contributed by atoms with Crippen LogP contribution in [0.15, 0.2) is 24.3 Å². The Hall–Kier alpha value is -1.02. The third-order valence-corrected chi connectivity index (χ3v) is 2.49. The minimum absolute atomic E-state index is 0.383. The molecule has 0 aromatic heterocycles. The monoisotopic (exact) mass is 178 g/mol. The Balaban J connectivity index is 2.09. The van der Waals surface area contributed by atoms with Crippen LogP contribution < -0.4 is 0 Å².